The molecule has 0 aromatic heterocycles. The van der Waals surface area contributed by atoms with Crippen molar-refractivity contribution in [2.45, 2.75) is 56.0 Å². The molecular formula is C16H25N3O3S. The zero-order valence-electron chi connectivity index (χ0n) is 13.2. The van der Waals surface area contributed by atoms with Gasteiger partial charge in [-0.15, -0.1) is 0 Å². The van der Waals surface area contributed by atoms with Gasteiger partial charge in [-0.3, -0.25) is 4.79 Å². The standard InChI is InChI=1S/C16H25N3O3S/c17-15(10-12-4-2-1-3-5-12)16(20)19-11-13-6-8-14(9-7-13)23(18,21)22/h6-9,12,15H,1-5,10-11,17H2,(H,19,20)(H2,18,21,22). The summed E-state index contributed by atoms with van der Waals surface area (Å²) in [5.41, 5.74) is 6.79. The van der Waals surface area contributed by atoms with E-state index in [1.165, 1.54) is 31.4 Å². The molecule has 7 heteroatoms. The van der Waals surface area contributed by atoms with Gasteiger partial charge in [0.25, 0.3) is 0 Å². The molecule has 1 fully saturated rings. The quantitative estimate of drug-likeness (QED) is 0.723. The normalized spacial score (nSPS) is 17.7. The van der Waals surface area contributed by atoms with Crippen molar-refractivity contribution in [1.82, 2.24) is 5.32 Å². The highest BCUT2D eigenvalue weighted by Gasteiger charge is 2.21. The van der Waals surface area contributed by atoms with Crippen molar-refractivity contribution in [1.29, 1.82) is 0 Å². The first kappa shape index (κ1) is 17.9. The molecule has 0 heterocycles. The van der Waals surface area contributed by atoms with Gasteiger partial charge >= 0.3 is 0 Å². The molecule has 5 N–H and O–H groups in total. The van der Waals surface area contributed by atoms with E-state index in [-0.39, 0.29) is 10.8 Å². The van der Waals surface area contributed by atoms with Gasteiger partial charge in [-0.05, 0) is 30.0 Å². The van der Waals surface area contributed by atoms with Gasteiger partial charge in [-0.2, -0.15) is 0 Å². The van der Waals surface area contributed by atoms with E-state index in [9.17, 15) is 13.2 Å². The van der Waals surface area contributed by atoms with Crippen LogP contribution in [-0.2, 0) is 21.4 Å². The van der Waals surface area contributed by atoms with E-state index in [1.54, 1.807) is 12.1 Å². The Morgan fingerprint density at radius 2 is 1.78 bits per heavy atom. The second-order valence-electron chi connectivity index (χ2n) is 6.25. The van der Waals surface area contributed by atoms with Crippen molar-refractivity contribution in [2.75, 3.05) is 0 Å². The number of sulfonamides is 1. The fourth-order valence-electron chi connectivity index (χ4n) is 3.01. The average molecular weight is 339 g/mol. The van der Waals surface area contributed by atoms with Crippen molar-refractivity contribution in [2.24, 2.45) is 16.8 Å². The Labute approximate surface area is 137 Å². The molecule has 2 rings (SSSR count). The first-order valence-electron chi connectivity index (χ1n) is 8.01. The van der Waals surface area contributed by atoms with Crippen LogP contribution in [0.5, 0.6) is 0 Å². The summed E-state index contributed by atoms with van der Waals surface area (Å²) < 4.78 is 22.4. The number of primary sulfonamides is 1. The van der Waals surface area contributed by atoms with Crippen LogP contribution in [0.4, 0.5) is 0 Å². The molecule has 1 saturated carbocycles. The van der Waals surface area contributed by atoms with Crippen molar-refractivity contribution in [3.05, 3.63) is 29.8 Å². The lowest BCUT2D eigenvalue weighted by Gasteiger charge is -2.24. The third kappa shape index (κ3) is 5.60. The summed E-state index contributed by atoms with van der Waals surface area (Å²) in [6.07, 6.45) is 6.81. The minimum absolute atomic E-state index is 0.0570. The maximum atomic E-state index is 12.1. The number of hydrogen-bond donors (Lipinski definition) is 3. The Bertz CT molecular complexity index is 622. The molecule has 1 aromatic rings. The molecule has 1 unspecified atom stereocenters. The second kappa shape index (κ2) is 7.90. The van der Waals surface area contributed by atoms with E-state index in [1.807, 2.05) is 0 Å². The summed E-state index contributed by atoms with van der Waals surface area (Å²) in [5.74, 6) is 0.393. The highest BCUT2D eigenvalue weighted by atomic mass is 32.2. The predicted molar refractivity (Wildman–Crippen MR) is 88.8 cm³/mol. The molecule has 0 aliphatic heterocycles. The van der Waals surface area contributed by atoms with Gasteiger partial charge < -0.3 is 11.1 Å². The molecule has 1 aliphatic carbocycles. The van der Waals surface area contributed by atoms with Gasteiger partial charge in [0.2, 0.25) is 15.9 Å². The summed E-state index contributed by atoms with van der Waals surface area (Å²) in [5, 5.41) is 7.85. The van der Waals surface area contributed by atoms with Crippen molar-refractivity contribution >= 4 is 15.9 Å². The van der Waals surface area contributed by atoms with Crippen LogP contribution in [0.2, 0.25) is 0 Å². The Morgan fingerprint density at radius 1 is 1.17 bits per heavy atom. The molecule has 6 nitrogen and oxygen atoms in total. The van der Waals surface area contributed by atoms with E-state index in [0.29, 0.717) is 12.5 Å². The SMILES string of the molecule is NC(CC1CCCCC1)C(=O)NCc1ccc(S(N)(=O)=O)cc1. The van der Waals surface area contributed by atoms with Crippen molar-refractivity contribution in [3.8, 4) is 0 Å². The minimum Gasteiger partial charge on any atom is -0.351 e. The summed E-state index contributed by atoms with van der Waals surface area (Å²) in [7, 11) is -3.69. The Morgan fingerprint density at radius 3 is 2.35 bits per heavy atom. The minimum atomic E-state index is -3.69. The smallest absolute Gasteiger partial charge is 0.238 e. The highest BCUT2D eigenvalue weighted by molar-refractivity contribution is 7.89. The third-order valence-corrected chi connectivity index (χ3v) is 5.30. The van der Waals surface area contributed by atoms with Crippen LogP contribution in [0.15, 0.2) is 29.2 Å². The molecule has 1 amide bonds. The summed E-state index contributed by atoms with van der Waals surface area (Å²) >= 11 is 0. The molecular weight excluding hydrogens is 314 g/mol. The number of rotatable bonds is 6. The van der Waals surface area contributed by atoms with Gasteiger partial charge in [-0.25, -0.2) is 13.6 Å². The molecule has 0 spiro atoms. The first-order chi connectivity index (χ1) is 10.9. The van der Waals surface area contributed by atoms with E-state index >= 15 is 0 Å². The number of carbonyl (C=O) groups excluding carboxylic acids is 1. The number of amides is 1. The highest BCUT2D eigenvalue weighted by Crippen LogP contribution is 2.26. The van der Waals surface area contributed by atoms with Gasteiger partial charge in [-0.1, -0.05) is 44.2 Å². The third-order valence-electron chi connectivity index (χ3n) is 4.37. The average Bonchev–Trinajstić information content (AvgIpc) is 2.53. The summed E-state index contributed by atoms with van der Waals surface area (Å²) in [4.78, 5) is 12.1. The molecule has 0 saturated heterocycles. The van der Waals surface area contributed by atoms with Crippen LogP contribution in [0.25, 0.3) is 0 Å². The van der Waals surface area contributed by atoms with Gasteiger partial charge in [0.1, 0.15) is 0 Å². The van der Waals surface area contributed by atoms with Crippen LogP contribution in [0, 0.1) is 5.92 Å². The van der Waals surface area contributed by atoms with Crippen LogP contribution >= 0.6 is 0 Å². The molecule has 0 bridgehead atoms. The number of nitrogens with one attached hydrogen (secondary N) is 1. The largest absolute Gasteiger partial charge is 0.351 e. The number of nitrogens with two attached hydrogens (primary N) is 2. The Balaban J connectivity index is 1.81. The van der Waals surface area contributed by atoms with Crippen molar-refractivity contribution in [3.63, 3.8) is 0 Å². The van der Waals surface area contributed by atoms with E-state index < -0.39 is 16.1 Å². The Kier molecular flexibility index (Phi) is 6.15. The summed E-state index contributed by atoms with van der Waals surface area (Å²) in [6, 6.07) is 5.64. The number of benzene rings is 1. The van der Waals surface area contributed by atoms with Crippen LogP contribution in [0.1, 0.15) is 44.1 Å². The van der Waals surface area contributed by atoms with Crippen LogP contribution in [0.3, 0.4) is 0 Å². The first-order valence-corrected chi connectivity index (χ1v) is 9.56. The second-order valence-corrected chi connectivity index (χ2v) is 7.81. The van der Waals surface area contributed by atoms with E-state index in [2.05, 4.69) is 5.32 Å². The molecule has 23 heavy (non-hydrogen) atoms. The Hall–Kier alpha value is -1.44. The molecule has 0 radical (unpaired) electrons. The van der Waals surface area contributed by atoms with Crippen LogP contribution < -0.4 is 16.2 Å². The maximum absolute atomic E-state index is 12.1. The molecule has 1 atom stereocenters. The van der Waals surface area contributed by atoms with Crippen molar-refractivity contribution < 1.29 is 13.2 Å². The zero-order chi connectivity index (χ0) is 16.9. The summed E-state index contributed by atoms with van der Waals surface area (Å²) in [6.45, 7) is 0.322. The van der Waals surface area contributed by atoms with Crippen LogP contribution in [-0.4, -0.2) is 20.4 Å². The van der Waals surface area contributed by atoms with Gasteiger partial charge in [0, 0.05) is 6.54 Å². The molecule has 128 valence electrons. The van der Waals surface area contributed by atoms with Gasteiger partial charge in [0.05, 0.1) is 10.9 Å². The lowest BCUT2D eigenvalue weighted by molar-refractivity contribution is -0.123. The lowest BCUT2D eigenvalue weighted by Crippen LogP contribution is -2.41. The van der Waals surface area contributed by atoms with E-state index in [4.69, 9.17) is 10.9 Å². The number of hydrogen-bond acceptors (Lipinski definition) is 4. The lowest BCUT2D eigenvalue weighted by atomic mass is 9.85. The monoisotopic (exact) mass is 339 g/mol. The van der Waals surface area contributed by atoms with E-state index in [0.717, 1.165) is 24.8 Å². The molecule has 1 aliphatic rings. The van der Waals surface area contributed by atoms with Gasteiger partial charge in [0.15, 0.2) is 0 Å². The fourth-order valence-corrected chi connectivity index (χ4v) is 3.52. The number of carbonyl (C=O) groups is 1. The fraction of sp³-hybridized carbons (Fsp3) is 0.562. The zero-order valence-corrected chi connectivity index (χ0v) is 14.0. The molecule has 1 aromatic carbocycles. The predicted octanol–water partition coefficient (Wildman–Crippen LogP) is 1.25. The topological polar surface area (TPSA) is 115 Å². The maximum Gasteiger partial charge on any atom is 0.238 e.